The molecule has 102 valence electrons. The SMILES string of the molecule is Cc1cc(CC(=O)NC2(CN)CCCC2)n[nH]1.Cl. The van der Waals surface area contributed by atoms with E-state index in [2.05, 4.69) is 15.5 Å². The van der Waals surface area contributed by atoms with E-state index in [0.29, 0.717) is 13.0 Å². The number of carbonyl (C=O) groups is 1. The van der Waals surface area contributed by atoms with Gasteiger partial charge in [0.2, 0.25) is 5.91 Å². The van der Waals surface area contributed by atoms with Crippen LogP contribution in [0.3, 0.4) is 0 Å². The summed E-state index contributed by atoms with van der Waals surface area (Å²) in [5.41, 5.74) is 7.37. The molecule has 0 radical (unpaired) electrons. The van der Waals surface area contributed by atoms with Crippen molar-refractivity contribution in [1.29, 1.82) is 0 Å². The molecule has 1 saturated carbocycles. The van der Waals surface area contributed by atoms with Crippen LogP contribution >= 0.6 is 12.4 Å². The molecule has 1 amide bonds. The van der Waals surface area contributed by atoms with Crippen molar-refractivity contribution in [3.63, 3.8) is 0 Å². The zero-order valence-electron chi connectivity index (χ0n) is 10.7. The molecule has 0 atom stereocenters. The molecule has 0 unspecified atom stereocenters. The number of nitrogens with one attached hydrogen (secondary N) is 2. The summed E-state index contributed by atoms with van der Waals surface area (Å²) < 4.78 is 0. The molecule has 2 rings (SSSR count). The summed E-state index contributed by atoms with van der Waals surface area (Å²) >= 11 is 0. The van der Waals surface area contributed by atoms with Gasteiger partial charge < -0.3 is 11.1 Å². The lowest BCUT2D eigenvalue weighted by atomic mass is 9.97. The van der Waals surface area contributed by atoms with E-state index in [1.165, 1.54) is 0 Å². The van der Waals surface area contributed by atoms with Gasteiger partial charge in [-0.05, 0) is 25.8 Å². The molecule has 5 nitrogen and oxygen atoms in total. The van der Waals surface area contributed by atoms with E-state index in [9.17, 15) is 4.79 Å². The van der Waals surface area contributed by atoms with Gasteiger partial charge in [0.15, 0.2) is 0 Å². The third-order valence-electron chi connectivity index (χ3n) is 3.46. The van der Waals surface area contributed by atoms with Crippen LogP contribution in [0.2, 0.25) is 0 Å². The molecular formula is C12H21ClN4O. The monoisotopic (exact) mass is 272 g/mol. The molecule has 6 heteroatoms. The minimum Gasteiger partial charge on any atom is -0.349 e. The Morgan fingerprint density at radius 2 is 2.22 bits per heavy atom. The molecule has 0 saturated heterocycles. The van der Waals surface area contributed by atoms with Crippen molar-refractivity contribution >= 4 is 18.3 Å². The van der Waals surface area contributed by atoms with Gasteiger partial charge in [0.25, 0.3) is 0 Å². The molecule has 1 aliphatic carbocycles. The fourth-order valence-electron chi connectivity index (χ4n) is 2.50. The molecular weight excluding hydrogens is 252 g/mol. The molecule has 1 aromatic heterocycles. The molecule has 0 aliphatic heterocycles. The summed E-state index contributed by atoms with van der Waals surface area (Å²) in [6.07, 6.45) is 4.62. The maximum atomic E-state index is 11.9. The Balaban J connectivity index is 0.00000162. The lowest BCUT2D eigenvalue weighted by molar-refractivity contribution is -0.122. The van der Waals surface area contributed by atoms with Crippen LogP contribution in [-0.2, 0) is 11.2 Å². The quantitative estimate of drug-likeness (QED) is 0.767. The number of carbonyl (C=O) groups excluding carboxylic acids is 1. The Labute approximate surface area is 113 Å². The second-order valence-electron chi connectivity index (χ2n) is 4.96. The number of H-pyrrole nitrogens is 1. The smallest absolute Gasteiger partial charge is 0.226 e. The van der Waals surface area contributed by atoms with Gasteiger partial charge in [-0.25, -0.2) is 0 Å². The topological polar surface area (TPSA) is 83.8 Å². The van der Waals surface area contributed by atoms with Crippen LogP contribution in [0.5, 0.6) is 0 Å². The Kier molecular flexibility index (Phi) is 5.16. The summed E-state index contributed by atoms with van der Waals surface area (Å²) in [6.45, 7) is 2.45. The van der Waals surface area contributed by atoms with E-state index in [-0.39, 0.29) is 23.9 Å². The Morgan fingerprint density at radius 1 is 1.56 bits per heavy atom. The van der Waals surface area contributed by atoms with Crippen LogP contribution in [0, 0.1) is 6.92 Å². The third-order valence-corrected chi connectivity index (χ3v) is 3.46. The second kappa shape index (κ2) is 6.20. The van der Waals surface area contributed by atoms with Gasteiger partial charge in [-0.2, -0.15) is 5.10 Å². The summed E-state index contributed by atoms with van der Waals surface area (Å²) in [5.74, 6) is 0.0175. The number of hydrogen-bond acceptors (Lipinski definition) is 3. The normalized spacial score (nSPS) is 17.2. The number of aromatic nitrogens is 2. The Hall–Kier alpha value is -1.07. The van der Waals surface area contributed by atoms with Crippen LogP contribution in [0.4, 0.5) is 0 Å². The number of hydrogen-bond donors (Lipinski definition) is 3. The van der Waals surface area contributed by atoms with Crippen molar-refractivity contribution in [2.75, 3.05) is 6.54 Å². The van der Waals surface area contributed by atoms with Crippen LogP contribution in [0.25, 0.3) is 0 Å². The van der Waals surface area contributed by atoms with E-state index in [4.69, 9.17) is 5.73 Å². The molecule has 0 spiro atoms. The van der Waals surface area contributed by atoms with Gasteiger partial charge in [0.05, 0.1) is 17.7 Å². The average Bonchev–Trinajstić information content (AvgIpc) is 2.89. The maximum Gasteiger partial charge on any atom is 0.226 e. The van der Waals surface area contributed by atoms with Gasteiger partial charge in [0.1, 0.15) is 0 Å². The molecule has 1 heterocycles. The minimum atomic E-state index is -0.164. The molecule has 0 aromatic carbocycles. The van der Waals surface area contributed by atoms with E-state index in [1.54, 1.807) is 0 Å². The lowest BCUT2D eigenvalue weighted by Crippen LogP contribution is -2.52. The van der Waals surface area contributed by atoms with E-state index < -0.39 is 0 Å². The first-order valence-electron chi connectivity index (χ1n) is 6.15. The summed E-state index contributed by atoms with van der Waals surface area (Å²) in [6, 6.07) is 1.89. The fourth-order valence-corrected chi connectivity index (χ4v) is 2.50. The maximum absolute atomic E-state index is 11.9. The Bertz CT molecular complexity index is 399. The van der Waals surface area contributed by atoms with Crippen LogP contribution < -0.4 is 11.1 Å². The van der Waals surface area contributed by atoms with Crippen molar-refractivity contribution in [3.05, 3.63) is 17.5 Å². The van der Waals surface area contributed by atoms with E-state index in [0.717, 1.165) is 37.1 Å². The van der Waals surface area contributed by atoms with Crippen molar-refractivity contribution in [2.45, 2.75) is 44.6 Å². The number of aromatic amines is 1. The largest absolute Gasteiger partial charge is 0.349 e. The second-order valence-corrected chi connectivity index (χ2v) is 4.96. The zero-order chi connectivity index (χ0) is 12.3. The highest BCUT2D eigenvalue weighted by Crippen LogP contribution is 2.28. The molecule has 0 bridgehead atoms. The van der Waals surface area contributed by atoms with E-state index in [1.807, 2.05) is 13.0 Å². The number of halogens is 1. The summed E-state index contributed by atoms with van der Waals surface area (Å²) in [7, 11) is 0. The highest BCUT2D eigenvalue weighted by molar-refractivity contribution is 5.85. The van der Waals surface area contributed by atoms with E-state index >= 15 is 0 Å². The third kappa shape index (κ3) is 3.46. The predicted molar refractivity (Wildman–Crippen MR) is 72.7 cm³/mol. The first-order valence-corrected chi connectivity index (χ1v) is 6.15. The van der Waals surface area contributed by atoms with Crippen molar-refractivity contribution in [1.82, 2.24) is 15.5 Å². The number of amides is 1. The summed E-state index contributed by atoms with van der Waals surface area (Å²) in [5, 5.41) is 9.98. The molecule has 1 aromatic rings. The molecule has 1 fully saturated rings. The van der Waals surface area contributed by atoms with Crippen molar-refractivity contribution in [3.8, 4) is 0 Å². The first-order chi connectivity index (χ1) is 8.13. The number of nitrogens with zero attached hydrogens (tertiary/aromatic N) is 1. The highest BCUT2D eigenvalue weighted by atomic mass is 35.5. The molecule has 4 N–H and O–H groups in total. The molecule has 18 heavy (non-hydrogen) atoms. The minimum absolute atomic E-state index is 0. The van der Waals surface area contributed by atoms with Gasteiger partial charge >= 0.3 is 0 Å². The van der Waals surface area contributed by atoms with Gasteiger partial charge in [-0.1, -0.05) is 12.8 Å². The lowest BCUT2D eigenvalue weighted by Gasteiger charge is -2.28. The van der Waals surface area contributed by atoms with Crippen LogP contribution in [-0.4, -0.2) is 28.2 Å². The zero-order valence-corrected chi connectivity index (χ0v) is 11.5. The van der Waals surface area contributed by atoms with Gasteiger partial charge in [-0.3, -0.25) is 9.89 Å². The number of aryl methyl sites for hydroxylation is 1. The predicted octanol–water partition coefficient (Wildman–Crippen LogP) is 1.07. The first kappa shape index (κ1) is 15.0. The highest BCUT2D eigenvalue weighted by Gasteiger charge is 2.33. The average molecular weight is 273 g/mol. The number of rotatable bonds is 4. The van der Waals surface area contributed by atoms with Crippen LogP contribution in [0.15, 0.2) is 6.07 Å². The van der Waals surface area contributed by atoms with Crippen molar-refractivity contribution < 1.29 is 4.79 Å². The Morgan fingerprint density at radius 3 is 2.72 bits per heavy atom. The van der Waals surface area contributed by atoms with Crippen molar-refractivity contribution in [2.24, 2.45) is 5.73 Å². The standard InChI is InChI=1S/C12H20N4O.ClH/c1-9-6-10(16-15-9)7-11(17)14-12(8-13)4-2-3-5-12;/h6H,2-5,7-8,13H2,1H3,(H,14,17)(H,15,16);1H. The molecule has 1 aliphatic rings. The van der Waals surface area contributed by atoms with Gasteiger partial charge in [0, 0.05) is 12.2 Å². The fraction of sp³-hybridized carbons (Fsp3) is 0.667. The number of nitrogens with two attached hydrogens (primary N) is 1. The summed E-state index contributed by atoms with van der Waals surface area (Å²) in [4.78, 5) is 11.9. The van der Waals surface area contributed by atoms with Crippen LogP contribution in [0.1, 0.15) is 37.1 Å². The van der Waals surface area contributed by atoms with Gasteiger partial charge in [-0.15, -0.1) is 12.4 Å².